The molecule has 0 aromatic heterocycles. The summed E-state index contributed by atoms with van der Waals surface area (Å²) in [5.41, 5.74) is 4.20. The molecular weight excluding hydrogens is 406 g/mol. The number of rotatable bonds is 5. The van der Waals surface area contributed by atoms with Gasteiger partial charge in [-0.3, -0.25) is 5.32 Å². The molecule has 1 amide bonds. The van der Waals surface area contributed by atoms with Gasteiger partial charge in [0.2, 0.25) is 0 Å². The Hall–Kier alpha value is -3.51. The molecule has 0 unspecified atom stereocenters. The summed E-state index contributed by atoms with van der Waals surface area (Å²) < 4.78 is 10.6. The number of ether oxygens (including phenoxy) is 2. The van der Waals surface area contributed by atoms with Gasteiger partial charge in [-0.05, 0) is 34.4 Å². The number of carbonyl (C=O) groups excluding carboxylic acids is 1. The smallest absolute Gasteiger partial charge is 0.411 e. The summed E-state index contributed by atoms with van der Waals surface area (Å²) in [6.07, 6.45) is -0.792. The van der Waals surface area contributed by atoms with E-state index in [1.807, 2.05) is 48.5 Å². The minimum absolute atomic E-state index is 0.0466. The molecule has 0 atom stereocenters. The second-order valence-electron chi connectivity index (χ2n) is 6.76. The van der Waals surface area contributed by atoms with Crippen molar-refractivity contribution >= 4 is 29.4 Å². The van der Waals surface area contributed by atoms with Crippen LogP contribution in [0.2, 0.25) is 5.02 Å². The summed E-state index contributed by atoms with van der Waals surface area (Å²) in [4.78, 5) is 24.1. The van der Waals surface area contributed by atoms with Gasteiger partial charge in [0.05, 0.1) is 17.7 Å². The number of hydrogen-bond donors (Lipinski definition) is 2. The average Bonchev–Trinajstić information content (AvgIpc) is 3.06. The Morgan fingerprint density at radius 3 is 2.17 bits per heavy atom. The maximum absolute atomic E-state index is 12.5. The second-order valence-corrected chi connectivity index (χ2v) is 7.17. The molecule has 152 valence electrons. The van der Waals surface area contributed by atoms with Crippen LogP contribution in [0.5, 0.6) is 5.75 Å². The molecule has 3 aromatic carbocycles. The van der Waals surface area contributed by atoms with Crippen LogP contribution >= 0.6 is 11.6 Å². The number of benzene rings is 3. The third kappa shape index (κ3) is 3.46. The van der Waals surface area contributed by atoms with Crippen LogP contribution in [-0.2, 0) is 4.74 Å². The maximum atomic E-state index is 12.5. The summed E-state index contributed by atoms with van der Waals surface area (Å²) in [5.74, 6) is -1.27. The zero-order chi connectivity index (χ0) is 21.3. The SMILES string of the molecule is COc1c(Cl)ccc(C(=O)O)c1NC(=O)OCC1c2ccccc2-c2ccccc21. The molecule has 7 heteroatoms. The van der Waals surface area contributed by atoms with Gasteiger partial charge in [0.1, 0.15) is 12.3 Å². The van der Waals surface area contributed by atoms with Gasteiger partial charge in [-0.25, -0.2) is 9.59 Å². The van der Waals surface area contributed by atoms with Crippen LogP contribution in [0.1, 0.15) is 27.4 Å². The first kappa shape index (κ1) is 19.8. The molecule has 3 aromatic rings. The number of carboxylic acid groups (broad SMARTS) is 1. The number of carboxylic acids is 1. The van der Waals surface area contributed by atoms with E-state index in [0.29, 0.717) is 0 Å². The molecule has 0 spiro atoms. The molecule has 1 aliphatic carbocycles. The molecule has 0 aliphatic heterocycles. The zero-order valence-corrected chi connectivity index (χ0v) is 16.8. The van der Waals surface area contributed by atoms with E-state index in [2.05, 4.69) is 5.32 Å². The summed E-state index contributed by atoms with van der Waals surface area (Å²) in [6, 6.07) is 18.7. The van der Waals surface area contributed by atoms with E-state index in [1.54, 1.807) is 0 Å². The van der Waals surface area contributed by atoms with Crippen LogP contribution in [0.4, 0.5) is 10.5 Å². The van der Waals surface area contributed by atoms with Gasteiger partial charge < -0.3 is 14.6 Å². The predicted molar refractivity (Wildman–Crippen MR) is 114 cm³/mol. The first-order chi connectivity index (χ1) is 14.5. The number of methoxy groups -OCH3 is 1. The summed E-state index contributed by atoms with van der Waals surface area (Å²) in [6.45, 7) is 0.102. The average molecular weight is 424 g/mol. The lowest BCUT2D eigenvalue weighted by atomic mass is 9.98. The number of anilines is 1. The fraction of sp³-hybridized carbons (Fsp3) is 0.130. The van der Waals surface area contributed by atoms with Crippen molar-refractivity contribution in [1.82, 2.24) is 0 Å². The normalized spacial score (nSPS) is 12.1. The van der Waals surface area contributed by atoms with Gasteiger partial charge in [0.15, 0.2) is 5.75 Å². The number of hydrogen-bond acceptors (Lipinski definition) is 4. The van der Waals surface area contributed by atoms with Crippen molar-refractivity contribution in [2.45, 2.75) is 5.92 Å². The number of halogens is 1. The summed E-state index contributed by atoms with van der Waals surface area (Å²) >= 11 is 6.07. The first-order valence-electron chi connectivity index (χ1n) is 9.23. The minimum atomic E-state index is -1.22. The van der Waals surface area contributed by atoms with E-state index in [4.69, 9.17) is 21.1 Å². The van der Waals surface area contributed by atoms with Crippen molar-refractivity contribution in [3.8, 4) is 16.9 Å². The number of amides is 1. The van der Waals surface area contributed by atoms with Gasteiger partial charge in [-0.2, -0.15) is 0 Å². The van der Waals surface area contributed by atoms with Crippen molar-refractivity contribution in [2.75, 3.05) is 19.0 Å². The lowest BCUT2D eigenvalue weighted by Gasteiger charge is -2.17. The zero-order valence-electron chi connectivity index (χ0n) is 16.0. The first-order valence-corrected chi connectivity index (χ1v) is 9.60. The molecule has 30 heavy (non-hydrogen) atoms. The van der Waals surface area contributed by atoms with Crippen LogP contribution in [-0.4, -0.2) is 30.9 Å². The van der Waals surface area contributed by atoms with E-state index in [0.717, 1.165) is 22.3 Å². The summed E-state index contributed by atoms with van der Waals surface area (Å²) in [5, 5.41) is 12.1. The quantitative estimate of drug-likeness (QED) is 0.573. The summed E-state index contributed by atoms with van der Waals surface area (Å²) in [7, 11) is 1.34. The Morgan fingerprint density at radius 1 is 1.00 bits per heavy atom. The third-order valence-corrected chi connectivity index (χ3v) is 5.41. The van der Waals surface area contributed by atoms with Gasteiger partial charge in [-0.15, -0.1) is 0 Å². The van der Waals surface area contributed by atoms with E-state index >= 15 is 0 Å². The Balaban J connectivity index is 1.56. The Labute approximate surface area is 178 Å². The molecule has 0 saturated heterocycles. The molecule has 0 heterocycles. The van der Waals surface area contributed by atoms with Crippen LogP contribution in [0.15, 0.2) is 60.7 Å². The van der Waals surface area contributed by atoms with Crippen molar-refractivity contribution in [2.24, 2.45) is 0 Å². The molecule has 6 nitrogen and oxygen atoms in total. The fourth-order valence-corrected chi connectivity index (χ4v) is 4.03. The van der Waals surface area contributed by atoms with Crippen LogP contribution in [0.25, 0.3) is 11.1 Å². The van der Waals surface area contributed by atoms with Crippen LogP contribution in [0.3, 0.4) is 0 Å². The molecular formula is C23H18ClNO5. The Morgan fingerprint density at radius 2 is 1.60 bits per heavy atom. The van der Waals surface area contributed by atoms with Crippen LogP contribution in [0, 0.1) is 0 Å². The fourth-order valence-electron chi connectivity index (χ4n) is 3.80. The Kier molecular flexibility index (Phi) is 5.33. The largest absolute Gasteiger partial charge is 0.493 e. The highest BCUT2D eigenvalue weighted by molar-refractivity contribution is 6.33. The monoisotopic (exact) mass is 423 g/mol. The maximum Gasteiger partial charge on any atom is 0.411 e. The van der Waals surface area contributed by atoms with Gasteiger partial charge in [-0.1, -0.05) is 60.1 Å². The third-order valence-electron chi connectivity index (χ3n) is 5.11. The van der Waals surface area contributed by atoms with E-state index in [1.165, 1.54) is 19.2 Å². The predicted octanol–water partition coefficient (Wildman–Crippen LogP) is 5.41. The lowest BCUT2D eigenvalue weighted by Crippen LogP contribution is -2.20. The standard InChI is InChI=1S/C23H18ClNO5/c1-29-21-19(24)11-10-17(22(26)27)20(21)25-23(28)30-12-18-15-8-4-2-6-13(15)14-7-3-5-9-16(14)18/h2-11,18H,12H2,1H3,(H,25,28)(H,26,27). The molecule has 0 saturated carbocycles. The lowest BCUT2D eigenvalue weighted by molar-refractivity contribution is 0.0697. The Bertz CT molecular complexity index is 1100. The van der Waals surface area contributed by atoms with E-state index < -0.39 is 12.1 Å². The number of carbonyl (C=O) groups is 2. The molecule has 0 bridgehead atoms. The van der Waals surface area contributed by atoms with Crippen molar-refractivity contribution < 1.29 is 24.2 Å². The highest BCUT2D eigenvalue weighted by Gasteiger charge is 2.29. The molecule has 0 radical (unpaired) electrons. The molecule has 4 rings (SSSR count). The molecule has 1 aliphatic rings. The molecule has 0 fully saturated rings. The van der Waals surface area contributed by atoms with Crippen molar-refractivity contribution in [1.29, 1.82) is 0 Å². The van der Waals surface area contributed by atoms with Gasteiger partial charge in [0.25, 0.3) is 0 Å². The number of nitrogens with one attached hydrogen (secondary N) is 1. The number of fused-ring (bicyclic) bond motifs is 3. The van der Waals surface area contributed by atoms with E-state index in [-0.39, 0.29) is 34.5 Å². The van der Waals surface area contributed by atoms with Crippen molar-refractivity contribution in [3.05, 3.63) is 82.4 Å². The number of aromatic carboxylic acids is 1. The minimum Gasteiger partial charge on any atom is -0.493 e. The molecule has 2 N–H and O–H groups in total. The topological polar surface area (TPSA) is 84.9 Å². The second kappa shape index (κ2) is 8.08. The van der Waals surface area contributed by atoms with Crippen LogP contribution < -0.4 is 10.1 Å². The van der Waals surface area contributed by atoms with Crippen molar-refractivity contribution in [3.63, 3.8) is 0 Å². The van der Waals surface area contributed by atoms with E-state index in [9.17, 15) is 14.7 Å². The highest BCUT2D eigenvalue weighted by Crippen LogP contribution is 2.44. The van der Waals surface area contributed by atoms with Gasteiger partial charge >= 0.3 is 12.1 Å². The van der Waals surface area contributed by atoms with Gasteiger partial charge in [0, 0.05) is 5.92 Å². The highest BCUT2D eigenvalue weighted by atomic mass is 35.5.